The molecule has 3 heteroatoms. The number of ether oxygens (including phenoxy) is 1. The lowest BCUT2D eigenvalue weighted by atomic mass is 9.90. The van der Waals surface area contributed by atoms with Gasteiger partial charge in [0.25, 0.3) is 0 Å². The Bertz CT molecular complexity index is 388. The number of nitrogens with one attached hydrogen (secondary N) is 1. The first-order valence-electron chi connectivity index (χ1n) is 6.50. The van der Waals surface area contributed by atoms with E-state index in [0.29, 0.717) is 5.75 Å². The molecule has 0 aliphatic carbocycles. The molecule has 0 aliphatic heterocycles. The highest BCUT2D eigenvalue weighted by atomic mass is 16.5. The maximum atomic E-state index is 9.96. The van der Waals surface area contributed by atoms with Gasteiger partial charge >= 0.3 is 0 Å². The third-order valence-corrected chi connectivity index (χ3v) is 3.55. The van der Waals surface area contributed by atoms with Crippen molar-refractivity contribution in [3.63, 3.8) is 0 Å². The van der Waals surface area contributed by atoms with Crippen LogP contribution >= 0.6 is 0 Å². The molecular weight excluding hydrogens is 226 g/mol. The van der Waals surface area contributed by atoms with Crippen LogP contribution in [0.25, 0.3) is 0 Å². The summed E-state index contributed by atoms with van der Waals surface area (Å²) in [7, 11) is 1.60. The first-order valence-corrected chi connectivity index (χ1v) is 6.50. The molecule has 1 aromatic carbocycles. The number of aromatic hydroxyl groups is 1. The number of hydrogen-bond acceptors (Lipinski definition) is 3. The molecule has 102 valence electrons. The number of phenolic OH excluding ortho intramolecular Hbond substituents is 1. The van der Waals surface area contributed by atoms with Crippen LogP contribution < -0.4 is 10.1 Å². The van der Waals surface area contributed by atoms with Crippen molar-refractivity contribution in [2.75, 3.05) is 13.7 Å². The summed E-state index contributed by atoms with van der Waals surface area (Å²) in [5.41, 5.74) is 1.18. The first-order chi connectivity index (χ1) is 8.39. The molecule has 0 aliphatic rings. The Morgan fingerprint density at radius 2 is 2.06 bits per heavy atom. The molecule has 0 spiro atoms. The van der Waals surface area contributed by atoms with E-state index in [-0.39, 0.29) is 17.2 Å². The summed E-state index contributed by atoms with van der Waals surface area (Å²) >= 11 is 0. The third-order valence-electron chi connectivity index (χ3n) is 3.55. The molecule has 0 fully saturated rings. The lowest BCUT2D eigenvalue weighted by molar-refractivity contribution is 0.311. The second kappa shape index (κ2) is 6.10. The van der Waals surface area contributed by atoms with Gasteiger partial charge < -0.3 is 15.2 Å². The largest absolute Gasteiger partial charge is 0.507 e. The Balaban J connectivity index is 2.70. The Morgan fingerprint density at radius 1 is 1.39 bits per heavy atom. The zero-order valence-electron chi connectivity index (χ0n) is 12.1. The van der Waals surface area contributed by atoms with Gasteiger partial charge in [-0.2, -0.15) is 0 Å². The van der Waals surface area contributed by atoms with E-state index in [4.69, 9.17) is 4.74 Å². The lowest BCUT2D eigenvalue weighted by Crippen LogP contribution is -2.30. The smallest absolute Gasteiger partial charge is 0.124 e. The topological polar surface area (TPSA) is 41.5 Å². The van der Waals surface area contributed by atoms with Crippen LogP contribution in [0.5, 0.6) is 11.5 Å². The predicted molar refractivity (Wildman–Crippen MR) is 75.1 cm³/mol. The van der Waals surface area contributed by atoms with Crippen molar-refractivity contribution in [2.24, 2.45) is 5.41 Å². The van der Waals surface area contributed by atoms with Crippen LogP contribution in [0.3, 0.4) is 0 Å². The van der Waals surface area contributed by atoms with Crippen LogP contribution in [0.1, 0.15) is 45.7 Å². The van der Waals surface area contributed by atoms with Gasteiger partial charge in [0.2, 0.25) is 0 Å². The second-order valence-corrected chi connectivity index (χ2v) is 5.55. The standard InChI is InChI=1S/C15H25NO2/c1-6-15(3,4)10-16-11(2)13-8-7-12(18-5)9-14(13)17/h7-9,11,16-17H,6,10H2,1-5H3. The van der Waals surface area contributed by atoms with E-state index in [1.54, 1.807) is 13.2 Å². The van der Waals surface area contributed by atoms with Crippen molar-refractivity contribution in [2.45, 2.75) is 40.2 Å². The average molecular weight is 251 g/mol. The number of hydrogen-bond donors (Lipinski definition) is 2. The minimum Gasteiger partial charge on any atom is -0.507 e. The van der Waals surface area contributed by atoms with Crippen LogP contribution in [0.15, 0.2) is 18.2 Å². The molecule has 0 amide bonds. The molecule has 1 rings (SSSR count). The summed E-state index contributed by atoms with van der Waals surface area (Å²) in [6.07, 6.45) is 1.13. The molecule has 0 aromatic heterocycles. The average Bonchev–Trinajstić information content (AvgIpc) is 2.36. The number of rotatable bonds is 6. The van der Waals surface area contributed by atoms with Crippen LogP contribution in [0, 0.1) is 5.41 Å². The van der Waals surface area contributed by atoms with Crippen molar-refractivity contribution in [1.82, 2.24) is 5.32 Å². The Morgan fingerprint density at radius 3 is 2.56 bits per heavy atom. The van der Waals surface area contributed by atoms with E-state index in [2.05, 4.69) is 33.0 Å². The fourth-order valence-electron chi connectivity index (χ4n) is 1.68. The second-order valence-electron chi connectivity index (χ2n) is 5.55. The van der Waals surface area contributed by atoms with E-state index in [0.717, 1.165) is 18.5 Å². The molecule has 1 aromatic rings. The van der Waals surface area contributed by atoms with Crippen molar-refractivity contribution < 1.29 is 9.84 Å². The maximum absolute atomic E-state index is 9.96. The molecule has 3 nitrogen and oxygen atoms in total. The van der Waals surface area contributed by atoms with Gasteiger partial charge in [-0.05, 0) is 24.8 Å². The highest BCUT2D eigenvalue weighted by molar-refractivity contribution is 5.41. The van der Waals surface area contributed by atoms with Crippen molar-refractivity contribution in [1.29, 1.82) is 0 Å². The van der Waals surface area contributed by atoms with Crippen molar-refractivity contribution >= 4 is 0 Å². The van der Waals surface area contributed by atoms with Crippen LogP contribution in [0.2, 0.25) is 0 Å². The lowest BCUT2D eigenvalue weighted by Gasteiger charge is -2.26. The molecule has 18 heavy (non-hydrogen) atoms. The summed E-state index contributed by atoms with van der Waals surface area (Å²) < 4.78 is 5.08. The summed E-state index contributed by atoms with van der Waals surface area (Å²) in [6, 6.07) is 5.56. The zero-order valence-corrected chi connectivity index (χ0v) is 12.1. The van der Waals surface area contributed by atoms with E-state index in [9.17, 15) is 5.11 Å². The highest BCUT2D eigenvalue weighted by Crippen LogP contribution is 2.29. The van der Waals surface area contributed by atoms with E-state index >= 15 is 0 Å². The van der Waals surface area contributed by atoms with E-state index < -0.39 is 0 Å². The van der Waals surface area contributed by atoms with Gasteiger partial charge in [0.1, 0.15) is 11.5 Å². The van der Waals surface area contributed by atoms with Gasteiger partial charge in [-0.15, -0.1) is 0 Å². The Kier molecular flexibility index (Phi) is 5.03. The van der Waals surface area contributed by atoms with Crippen LogP contribution in [-0.2, 0) is 0 Å². The van der Waals surface area contributed by atoms with Gasteiger partial charge in [-0.1, -0.05) is 26.8 Å². The monoisotopic (exact) mass is 251 g/mol. The molecule has 2 N–H and O–H groups in total. The fraction of sp³-hybridized carbons (Fsp3) is 0.600. The summed E-state index contributed by atoms with van der Waals surface area (Å²) in [4.78, 5) is 0. The van der Waals surface area contributed by atoms with E-state index in [1.165, 1.54) is 0 Å². The van der Waals surface area contributed by atoms with Gasteiger partial charge in [0.05, 0.1) is 7.11 Å². The number of benzene rings is 1. The third kappa shape index (κ3) is 3.91. The Hall–Kier alpha value is -1.22. The molecular formula is C15H25NO2. The molecule has 1 atom stereocenters. The SMILES string of the molecule is CCC(C)(C)CNC(C)c1ccc(OC)cc1O. The van der Waals surface area contributed by atoms with Gasteiger partial charge in [-0.25, -0.2) is 0 Å². The minimum atomic E-state index is 0.127. The Labute approximate surface area is 110 Å². The quantitative estimate of drug-likeness (QED) is 0.813. The van der Waals surface area contributed by atoms with Crippen molar-refractivity contribution in [3.8, 4) is 11.5 Å². The predicted octanol–water partition coefficient (Wildman–Crippen LogP) is 3.49. The molecule has 0 saturated heterocycles. The van der Waals surface area contributed by atoms with Gasteiger partial charge in [-0.3, -0.25) is 0 Å². The molecule has 0 bridgehead atoms. The minimum absolute atomic E-state index is 0.127. The van der Waals surface area contributed by atoms with Crippen LogP contribution in [0.4, 0.5) is 0 Å². The first kappa shape index (κ1) is 14.8. The maximum Gasteiger partial charge on any atom is 0.124 e. The fourth-order valence-corrected chi connectivity index (χ4v) is 1.68. The number of methoxy groups -OCH3 is 1. The van der Waals surface area contributed by atoms with Crippen LogP contribution in [-0.4, -0.2) is 18.8 Å². The van der Waals surface area contributed by atoms with Gasteiger partial charge in [0, 0.05) is 24.2 Å². The molecule has 1 unspecified atom stereocenters. The van der Waals surface area contributed by atoms with Gasteiger partial charge in [0.15, 0.2) is 0 Å². The van der Waals surface area contributed by atoms with Crippen molar-refractivity contribution in [3.05, 3.63) is 23.8 Å². The zero-order chi connectivity index (χ0) is 13.8. The highest BCUT2D eigenvalue weighted by Gasteiger charge is 2.17. The number of phenols is 1. The molecule has 0 heterocycles. The normalized spacial score (nSPS) is 13.4. The summed E-state index contributed by atoms with van der Waals surface area (Å²) in [5, 5.41) is 13.4. The summed E-state index contributed by atoms with van der Waals surface area (Å²) in [5.74, 6) is 0.959. The summed E-state index contributed by atoms with van der Waals surface area (Å²) in [6.45, 7) is 9.65. The molecule has 0 radical (unpaired) electrons. The van der Waals surface area contributed by atoms with E-state index in [1.807, 2.05) is 12.1 Å². The molecule has 0 saturated carbocycles.